The molecule has 3 aromatic rings. The van der Waals surface area contributed by atoms with Crippen molar-refractivity contribution in [1.82, 2.24) is 25.3 Å². The molecule has 40 heavy (non-hydrogen) atoms. The van der Waals surface area contributed by atoms with Crippen molar-refractivity contribution in [2.45, 2.75) is 51.4 Å². The number of nitrogens with zero attached hydrogens (tertiary/aromatic N) is 4. The first kappa shape index (κ1) is 28.0. The van der Waals surface area contributed by atoms with Gasteiger partial charge in [0.05, 0.1) is 41.4 Å². The first-order valence-corrected chi connectivity index (χ1v) is 13.5. The normalized spacial score (nSPS) is 18.6. The van der Waals surface area contributed by atoms with E-state index in [1.54, 1.807) is 18.2 Å². The Bertz CT molecular complexity index is 1450. The lowest BCUT2D eigenvalue weighted by atomic mass is 9.93. The van der Waals surface area contributed by atoms with Gasteiger partial charge in [-0.3, -0.25) is 10.4 Å². The highest BCUT2D eigenvalue weighted by molar-refractivity contribution is 6.14. The molecule has 2 aliphatic heterocycles. The summed E-state index contributed by atoms with van der Waals surface area (Å²) in [6.45, 7) is 11.7. The molecular formula is C29H37F3N8. The number of hydrogen-bond donors (Lipinski definition) is 4. The van der Waals surface area contributed by atoms with Gasteiger partial charge < -0.3 is 20.2 Å². The maximum atomic E-state index is 13.7. The molecule has 11 heteroatoms. The molecule has 2 aliphatic rings. The predicted molar refractivity (Wildman–Crippen MR) is 156 cm³/mol. The molecule has 0 amide bonds. The SMILES string of the molecule is C=C(NCC1=NC(c2cc3c(NC4CCN(C)NC4)cccc3n2CC(F)(F)F)=NC1)c1ccc(C(C)(C)C)[nH]1. The Morgan fingerprint density at radius 2 is 1.98 bits per heavy atom. The van der Waals surface area contributed by atoms with Crippen LogP contribution in [0.4, 0.5) is 18.9 Å². The Balaban J connectivity index is 1.36. The Hall–Kier alpha value is -3.57. The van der Waals surface area contributed by atoms with Gasteiger partial charge in [0.25, 0.3) is 0 Å². The number of anilines is 1. The van der Waals surface area contributed by atoms with Crippen molar-refractivity contribution in [3.63, 3.8) is 0 Å². The summed E-state index contributed by atoms with van der Waals surface area (Å²) >= 11 is 0. The zero-order chi connectivity index (χ0) is 28.7. The van der Waals surface area contributed by atoms with Crippen LogP contribution in [0.3, 0.4) is 0 Å². The average molecular weight is 555 g/mol. The van der Waals surface area contributed by atoms with E-state index < -0.39 is 12.7 Å². The monoisotopic (exact) mass is 554 g/mol. The summed E-state index contributed by atoms with van der Waals surface area (Å²) in [6.07, 6.45) is -3.47. The minimum atomic E-state index is -4.39. The largest absolute Gasteiger partial charge is 0.406 e. The number of halogens is 3. The van der Waals surface area contributed by atoms with E-state index in [-0.39, 0.29) is 11.5 Å². The molecule has 214 valence electrons. The Morgan fingerprint density at radius 3 is 2.65 bits per heavy atom. The molecule has 0 spiro atoms. The molecule has 1 fully saturated rings. The fourth-order valence-electron chi connectivity index (χ4n) is 5.02. The van der Waals surface area contributed by atoms with Gasteiger partial charge in [0, 0.05) is 48.4 Å². The van der Waals surface area contributed by atoms with Crippen LogP contribution in [-0.4, -0.2) is 71.6 Å². The van der Waals surface area contributed by atoms with E-state index in [0.717, 1.165) is 53.4 Å². The second-order valence-electron chi connectivity index (χ2n) is 11.6. The van der Waals surface area contributed by atoms with Crippen LogP contribution < -0.4 is 16.1 Å². The minimum Gasteiger partial charge on any atom is -0.380 e. The van der Waals surface area contributed by atoms with E-state index in [1.165, 1.54) is 4.57 Å². The number of amidine groups is 1. The number of rotatable bonds is 8. The number of nitrogens with one attached hydrogen (secondary N) is 4. The zero-order valence-corrected chi connectivity index (χ0v) is 23.4. The molecule has 0 aliphatic carbocycles. The van der Waals surface area contributed by atoms with Crippen LogP contribution in [0.2, 0.25) is 0 Å². The number of aromatic nitrogens is 2. The third-order valence-electron chi connectivity index (χ3n) is 7.29. The van der Waals surface area contributed by atoms with Gasteiger partial charge in [-0.1, -0.05) is 33.4 Å². The van der Waals surface area contributed by atoms with Crippen LogP contribution in [0.1, 0.15) is 44.3 Å². The minimum absolute atomic E-state index is 0.00886. The van der Waals surface area contributed by atoms with Gasteiger partial charge in [0.1, 0.15) is 6.54 Å². The van der Waals surface area contributed by atoms with Crippen LogP contribution in [0, 0.1) is 0 Å². The fourth-order valence-corrected chi connectivity index (χ4v) is 5.02. The maximum absolute atomic E-state index is 13.7. The number of H-pyrrole nitrogens is 1. The molecule has 0 bridgehead atoms. The lowest BCUT2D eigenvalue weighted by Crippen LogP contribution is -2.49. The third kappa shape index (κ3) is 6.26. The van der Waals surface area contributed by atoms with Crippen molar-refractivity contribution in [2.24, 2.45) is 9.98 Å². The predicted octanol–water partition coefficient (Wildman–Crippen LogP) is 4.91. The van der Waals surface area contributed by atoms with Crippen LogP contribution in [0.5, 0.6) is 0 Å². The second kappa shape index (κ2) is 10.8. The summed E-state index contributed by atoms with van der Waals surface area (Å²) < 4.78 is 42.4. The van der Waals surface area contributed by atoms with Crippen molar-refractivity contribution < 1.29 is 13.2 Å². The molecule has 1 saturated heterocycles. The highest BCUT2D eigenvalue weighted by Crippen LogP contribution is 2.32. The highest BCUT2D eigenvalue weighted by atomic mass is 19.4. The number of hydrogen-bond acceptors (Lipinski definition) is 6. The molecule has 8 nitrogen and oxygen atoms in total. The van der Waals surface area contributed by atoms with Crippen molar-refractivity contribution in [2.75, 3.05) is 38.5 Å². The molecular weight excluding hydrogens is 517 g/mol. The van der Waals surface area contributed by atoms with Gasteiger partial charge in [0.15, 0.2) is 5.84 Å². The number of aliphatic imine (C=N–C) groups is 2. The summed E-state index contributed by atoms with van der Waals surface area (Å²) in [7, 11) is 1.99. The topological polar surface area (TPSA) is 84.8 Å². The van der Waals surface area contributed by atoms with Crippen LogP contribution in [0.25, 0.3) is 16.6 Å². The van der Waals surface area contributed by atoms with Crippen LogP contribution in [-0.2, 0) is 12.0 Å². The number of fused-ring (bicyclic) bond motifs is 1. The Labute approximate surface area is 232 Å². The van der Waals surface area contributed by atoms with Crippen LogP contribution >= 0.6 is 0 Å². The molecule has 5 rings (SSSR count). The molecule has 0 radical (unpaired) electrons. The Morgan fingerprint density at radius 1 is 1.18 bits per heavy atom. The lowest BCUT2D eigenvalue weighted by Gasteiger charge is -2.31. The number of aromatic amines is 1. The highest BCUT2D eigenvalue weighted by Gasteiger charge is 2.32. The summed E-state index contributed by atoms with van der Waals surface area (Å²) in [5, 5.41) is 9.56. The zero-order valence-electron chi connectivity index (χ0n) is 23.4. The molecule has 4 heterocycles. The molecule has 1 atom stereocenters. The molecule has 1 unspecified atom stereocenters. The first-order chi connectivity index (χ1) is 18.9. The summed E-state index contributed by atoms with van der Waals surface area (Å²) in [5.41, 5.74) is 8.39. The van der Waals surface area contributed by atoms with E-state index in [0.29, 0.717) is 30.1 Å². The van der Waals surface area contributed by atoms with Crippen molar-refractivity contribution in [3.8, 4) is 0 Å². The smallest absolute Gasteiger partial charge is 0.380 e. The van der Waals surface area contributed by atoms with Crippen molar-refractivity contribution >= 4 is 33.8 Å². The lowest BCUT2D eigenvalue weighted by molar-refractivity contribution is -0.139. The summed E-state index contributed by atoms with van der Waals surface area (Å²) in [4.78, 5) is 12.6. The second-order valence-corrected chi connectivity index (χ2v) is 11.6. The van der Waals surface area contributed by atoms with Crippen molar-refractivity contribution in [1.29, 1.82) is 0 Å². The molecule has 0 saturated carbocycles. The maximum Gasteiger partial charge on any atom is 0.406 e. The van der Waals surface area contributed by atoms with Gasteiger partial charge >= 0.3 is 6.18 Å². The van der Waals surface area contributed by atoms with Gasteiger partial charge in [-0.2, -0.15) is 13.2 Å². The average Bonchev–Trinajstić information content (AvgIpc) is 3.62. The quantitative estimate of drug-likeness (QED) is 0.319. The van der Waals surface area contributed by atoms with Gasteiger partial charge in [-0.15, -0.1) is 0 Å². The number of benzene rings is 1. The van der Waals surface area contributed by atoms with E-state index in [2.05, 4.69) is 58.4 Å². The van der Waals surface area contributed by atoms with E-state index >= 15 is 0 Å². The third-order valence-corrected chi connectivity index (χ3v) is 7.29. The van der Waals surface area contributed by atoms with E-state index in [9.17, 15) is 13.2 Å². The molecule has 4 N–H and O–H groups in total. The van der Waals surface area contributed by atoms with E-state index in [4.69, 9.17) is 0 Å². The summed E-state index contributed by atoms with van der Waals surface area (Å²) in [5.74, 6) is 0.310. The number of hydrazine groups is 1. The van der Waals surface area contributed by atoms with E-state index in [1.807, 2.05) is 30.3 Å². The summed E-state index contributed by atoms with van der Waals surface area (Å²) in [6, 6.07) is 11.4. The van der Waals surface area contributed by atoms with Gasteiger partial charge in [0.2, 0.25) is 0 Å². The standard InChI is InChI=1S/C29H37F3N8/c1-18(22-9-10-26(38-22)28(2,3)4)33-14-20-15-34-27(37-20)25-13-21-23(36-19-11-12-39(5)35-16-19)7-6-8-24(21)40(25)17-29(30,31)32/h6-10,13,19,33,35-36,38H,1,11-12,14-17H2,2-5H3. The Kier molecular flexibility index (Phi) is 7.54. The molecule has 1 aromatic carbocycles. The van der Waals surface area contributed by atoms with Crippen molar-refractivity contribution in [3.05, 3.63) is 60.1 Å². The molecule has 2 aromatic heterocycles. The fraction of sp³-hybridized carbons (Fsp3) is 0.448. The van der Waals surface area contributed by atoms with Gasteiger partial charge in [-0.05, 0) is 36.8 Å². The first-order valence-electron chi connectivity index (χ1n) is 13.5. The van der Waals surface area contributed by atoms with Crippen LogP contribution in [0.15, 0.2) is 53.0 Å². The number of alkyl halides is 3. The van der Waals surface area contributed by atoms with Gasteiger partial charge in [-0.25, -0.2) is 10.0 Å².